The average Bonchev–Trinajstić information content (AvgIpc) is 2.77. The van der Waals surface area contributed by atoms with E-state index in [-0.39, 0.29) is 18.1 Å². The standard InChI is InChI=1S/C8H6F2N6O2/c9-4-1-5(10)8(16(17)18)6(2-4)11-3-7-12-14-15-13-7/h1-2,11H,3H2,(H,12,13,14,15). The second-order valence-corrected chi connectivity index (χ2v) is 3.22. The van der Waals surface area contributed by atoms with Gasteiger partial charge in [-0.25, -0.2) is 4.39 Å². The average molecular weight is 256 g/mol. The summed E-state index contributed by atoms with van der Waals surface area (Å²) in [5.41, 5.74) is -1.12. The molecule has 1 aromatic heterocycles. The maximum absolute atomic E-state index is 13.3. The van der Waals surface area contributed by atoms with E-state index >= 15 is 0 Å². The summed E-state index contributed by atoms with van der Waals surface area (Å²) in [4.78, 5) is 9.73. The van der Waals surface area contributed by atoms with Crippen molar-refractivity contribution in [2.75, 3.05) is 5.32 Å². The minimum Gasteiger partial charge on any atom is -0.372 e. The highest BCUT2D eigenvalue weighted by Gasteiger charge is 2.22. The van der Waals surface area contributed by atoms with E-state index in [0.29, 0.717) is 6.07 Å². The molecule has 0 bridgehead atoms. The molecule has 0 amide bonds. The molecule has 0 unspecified atom stereocenters. The van der Waals surface area contributed by atoms with Crippen LogP contribution >= 0.6 is 0 Å². The molecule has 10 heteroatoms. The summed E-state index contributed by atoms with van der Waals surface area (Å²) in [5.74, 6) is -1.97. The van der Waals surface area contributed by atoms with Gasteiger partial charge in [0.2, 0.25) is 5.82 Å². The number of halogens is 2. The first kappa shape index (κ1) is 11.8. The topological polar surface area (TPSA) is 110 Å². The normalized spacial score (nSPS) is 10.3. The number of nitrogens with zero attached hydrogens (tertiary/aromatic N) is 4. The van der Waals surface area contributed by atoms with Crippen molar-refractivity contribution in [2.45, 2.75) is 6.54 Å². The van der Waals surface area contributed by atoms with Crippen LogP contribution in [0.25, 0.3) is 0 Å². The molecule has 1 heterocycles. The van der Waals surface area contributed by atoms with E-state index in [1.54, 1.807) is 0 Å². The Hall–Kier alpha value is -2.65. The molecule has 0 saturated heterocycles. The number of nitrogens with one attached hydrogen (secondary N) is 2. The first-order valence-electron chi connectivity index (χ1n) is 4.67. The third-order valence-corrected chi connectivity index (χ3v) is 2.04. The fraction of sp³-hybridized carbons (Fsp3) is 0.125. The zero-order chi connectivity index (χ0) is 13.1. The molecule has 2 rings (SSSR count). The van der Waals surface area contributed by atoms with Crippen molar-refractivity contribution in [1.82, 2.24) is 20.6 Å². The molecule has 18 heavy (non-hydrogen) atoms. The largest absolute Gasteiger partial charge is 0.372 e. The molecule has 2 N–H and O–H groups in total. The summed E-state index contributed by atoms with van der Waals surface area (Å²) >= 11 is 0. The second kappa shape index (κ2) is 4.69. The van der Waals surface area contributed by atoms with Crippen LogP contribution in [0.15, 0.2) is 12.1 Å². The van der Waals surface area contributed by atoms with E-state index in [0.717, 1.165) is 6.07 Å². The van der Waals surface area contributed by atoms with Crippen LogP contribution < -0.4 is 5.32 Å². The predicted molar refractivity (Wildman–Crippen MR) is 54.5 cm³/mol. The number of tetrazole rings is 1. The summed E-state index contributed by atoms with van der Waals surface area (Å²) in [6.45, 7) is -0.0553. The smallest absolute Gasteiger partial charge is 0.327 e. The summed E-state index contributed by atoms with van der Waals surface area (Å²) in [5, 5.41) is 25.8. The van der Waals surface area contributed by atoms with Crippen LogP contribution in [0.1, 0.15) is 5.82 Å². The van der Waals surface area contributed by atoms with Crippen molar-refractivity contribution in [1.29, 1.82) is 0 Å². The first-order valence-corrected chi connectivity index (χ1v) is 4.67. The zero-order valence-corrected chi connectivity index (χ0v) is 8.72. The van der Waals surface area contributed by atoms with Crippen LogP contribution in [0, 0.1) is 21.7 Å². The number of rotatable bonds is 4. The van der Waals surface area contributed by atoms with Gasteiger partial charge in [-0.3, -0.25) is 10.1 Å². The minimum absolute atomic E-state index is 0.0553. The number of hydrogen-bond donors (Lipinski definition) is 2. The van der Waals surface area contributed by atoms with Gasteiger partial charge < -0.3 is 5.32 Å². The molecule has 8 nitrogen and oxygen atoms in total. The van der Waals surface area contributed by atoms with Crippen LogP contribution in [-0.4, -0.2) is 25.5 Å². The molecular weight excluding hydrogens is 250 g/mol. The molecule has 0 fully saturated rings. The number of nitro benzene ring substituents is 1. The number of aromatic amines is 1. The van der Waals surface area contributed by atoms with E-state index in [4.69, 9.17) is 0 Å². The van der Waals surface area contributed by atoms with Crippen LogP contribution in [0.4, 0.5) is 20.2 Å². The van der Waals surface area contributed by atoms with Crippen molar-refractivity contribution in [2.24, 2.45) is 0 Å². The first-order chi connectivity index (χ1) is 8.58. The zero-order valence-electron chi connectivity index (χ0n) is 8.72. The second-order valence-electron chi connectivity index (χ2n) is 3.22. The molecule has 0 atom stereocenters. The Kier molecular flexibility index (Phi) is 3.08. The van der Waals surface area contributed by atoms with Gasteiger partial charge in [-0.2, -0.15) is 9.60 Å². The van der Waals surface area contributed by atoms with Crippen LogP contribution in [0.2, 0.25) is 0 Å². The number of anilines is 1. The molecule has 0 aliphatic heterocycles. The number of hydrogen-bond acceptors (Lipinski definition) is 6. The van der Waals surface area contributed by atoms with E-state index in [9.17, 15) is 18.9 Å². The molecule has 0 saturated carbocycles. The molecule has 0 aliphatic rings. The Morgan fingerprint density at radius 3 is 2.83 bits per heavy atom. The molecule has 2 aromatic rings. The van der Waals surface area contributed by atoms with Crippen LogP contribution in [0.3, 0.4) is 0 Å². The maximum atomic E-state index is 13.3. The van der Waals surface area contributed by atoms with E-state index in [1.165, 1.54) is 0 Å². The fourth-order valence-electron chi connectivity index (χ4n) is 1.32. The van der Waals surface area contributed by atoms with Gasteiger partial charge in [0.15, 0.2) is 5.82 Å². The Morgan fingerprint density at radius 2 is 2.22 bits per heavy atom. The third-order valence-electron chi connectivity index (χ3n) is 2.04. The summed E-state index contributed by atoms with van der Waals surface area (Å²) in [6, 6.07) is 1.26. The predicted octanol–water partition coefficient (Wildman–Crippen LogP) is 0.998. The van der Waals surface area contributed by atoms with Crippen molar-refractivity contribution in [3.05, 3.63) is 39.7 Å². The van der Waals surface area contributed by atoms with Crippen molar-refractivity contribution < 1.29 is 13.7 Å². The lowest BCUT2D eigenvalue weighted by molar-refractivity contribution is -0.386. The number of benzene rings is 1. The van der Waals surface area contributed by atoms with Crippen molar-refractivity contribution in [3.63, 3.8) is 0 Å². The monoisotopic (exact) mass is 256 g/mol. The van der Waals surface area contributed by atoms with Gasteiger partial charge in [0.05, 0.1) is 11.5 Å². The molecule has 0 spiro atoms. The van der Waals surface area contributed by atoms with Gasteiger partial charge in [-0.15, -0.1) is 10.2 Å². The van der Waals surface area contributed by atoms with Crippen molar-refractivity contribution in [3.8, 4) is 0 Å². The SMILES string of the molecule is O=[N+]([O-])c1c(F)cc(F)cc1NCc1nn[nH]n1. The summed E-state index contributed by atoms with van der Waals surface area (Å²) < 4.78 is 26.2. The Balaban J connectivity index is 2.28. The van der Waals surface area contributed by atoms with E-state index < -0.39 is 22.2 Å². The van der Waals surface area contributed by atoms with Gasteiger partial charge in [-0.1, -0.05) is 5.21 Å². The molecule has 94 valence electrons. The molecule has 1 aromatic carbocycles. The lowest BCUT2D eigenvalue weighted by Gasteiger charge is -2.05. The van der Waals surface area contributed by atoms with Gasteiger partial charge in [-0.05, 0) is 0 Å². The highest BCUT2D eigenvalue weighted by atomic mass is 19.1. The van der Waals surface area contributed by atoms with Gasteiger partial charge in [0.25, 0.3) is 0 Å². The number of nitro groups is 1. The van der Waals surface area contributed by atoms with Gasteiger partial charge in [0, 0.05) is 12.1 Å². The lowest BCUT2D eigenvalue weighted by atomic mass is 10.2. The summed E-state index contributed by atoms with van der Waals surface area (Å²) in [7, 11) is 0. The Bertz CT molecular complexity index is 573. The molecular formula is C8H6F2N6O2. The van der Waals surface area contributed by atoms with E-state index in [1.807, 2.05) is 0 Å². The number of H-pyrrole nitrogens is 1. The quantitative estimate of drug-likeness (QED) is 0.623. The highest BCUT2D eigenvalue weighted by molar-refractivity contribution is 5.62. The van der Waals surface area contributed by atoms with Crippen LogP contribution in [-0.2, 0) is 6.54 Å². The van der Waals surface area contributed by atoms with Gasteiger partial charge >= 0.3 is 5.69 Å². The van der Waals surface area contributed by atoms with Crippen molar-refractivity contribution >= 4 is 11.4 Å². The number of aromatic nitrogens is 4. The maximum Gasteiger partial charge on any atom is 0.327 e. The minimum atomic E-state index is -1.25. The van der Waals surface area contributed by atoms with Gasteiger partial charge in [0.1, 0.15) is 11.5 Å². The Morgan fingerprint density at radius 1 is 1.44 bits per heavy atom. The molecule has 0 aliphatic carbocycles. The lowest BCUT2D eigenvalue weighted by Crippen LogP contribution is -2.06. The highest BCUT2D eigenvalue weighted by Crippen LogP contribution is 2.28. The summed E-state index contributed by atoms with van der Waals surface area (Å²) in [6.07, 6.45) is 0. The third kappa shape index (κ3) is 2.36. The Labute approximate surface area is 98.2 Å². The molecule has 0 radical (unpaired) electrons. The van der Waals surface area contributed by atoms with E-state index in [2.05, 4.69) is 25.9 Å². The van der Waals surface area contributed by atoms with Crippen LogP contribution in [0.5, 0.6) is 0 Å². The fourth-order valence-corrected chi connectivity index (χ4v) is 1.32.